The zero-order valence-corrected chi connectivity index (χ0v) is 12.3. The summed E-state index contributed by atoms with van der Waals surface area (Å²) in [5.74, 6) is -0.593. The summed E-state index contributed by atoms with van der Waals surface area (Å²) in [6.45, 7) is 1.17. The minimum absolute atomic E-state index is 0.190. The summed E-state index contributed by atoms with van der Waals surface area (Å²) in [5.41, 5.74) is 5.94. The highest BCUT2D eigenvalue weighted by atomic mass is 79.9. The molecule has 0 radical (unpaired) electrons. The smallest absolute Gasteiger partial charge is 0.254 e. The summed E-state index contributed by atoms with van der Waals surface area (Å²) in [4.78, 5) is 14.1. The third-order valence-corrected chi connectivity index (χ3v) is 3.71. The molecule has 2 rings (SSSR count). The van der Waals surface area contributed by atoms with Crippen LogP contribution in [0.15, 0.2) is 22.7 Å². The summed E-state index contributed by atoms with van der Waals surface area (Å²) in [6, 6.07) is 4.17. The molecule has 1 fully saturated rings. The van der Waals surface area contributed by atoms with Crippen LogP contribution >= 0.6 is 28.1 Å². The number of carbonyl (C=O) groups excluding carboxylic acids is 1. The molecule has 0 aliphatic carbocycles. The lowest BCUT2D eigenvalue weighted by Gasteiger charge is -2.32. The van der Waals surface area contributed by atoms with Crippen LogP contribution in [-0.4, -0.2) is 41.6 Å². The Kier molecular flexibility index (Phi) is 4.49. The number of thiocarbonyl (C=S) groups is 1. The van der Waals surface area contributed by atoms with Crippen LogP contribution in [0.25, 0.3) is 0 Å². The number of rotatable bonds is 2. The first-order chi connectivity index (χ1) is 8.99. The third-order valence-electron chi connectivity index (χ3n) is 2.84. The van der Waals surface area contributed by atoms with Gasteiger partial charge in [0.25, 0.3) is 5.91 Å². The van der Waals surface area contributed by atoms with Crippen molar-refractivity contribution in [1.82, 2.24) is 4.90 Å². The Hall–Kier alpha value is -1.05. The molecule has 4 nitrogen and oxygen atoms in total. The van der Waals surface area contributed by atoms with Crippen molar-refractivity contribution in [1.29, 1.82) is 0 Å². The molecule has 1 atom stereocenters. The van der Waals surface area contributed by atoms with Crippen molar-refractivity contribution < 1.29 is 13.9 Å². The van der Waals surface area contributed by atoms with Gasteiger partial charge in [0, 0.05) is 12.1 Å². The molecule has 1 saturated heterocycles. The van der Waals surface area contributed by atoms with E-state index in [4.69, 9.17) is 22.7 Å². The van der Waals surface area contributed by atoms with E-state index in [2.05, 4.69) is 15.9 Å². The van der Waals surface area contributed by atoms with E-state index >= 15 is 0 Å². The minimum Gasteiger partial charge on any atom is -0.391 e. The highest BCUT2D eigenvalue weighted by molar-refractivity contribution is 9.10. The van der Waals surface area contributed by atoms with E-state index in [1.807, 2.05) is 0 Å². The third kappa shape index (κ3) is 3.29. The Morgan fingerprint density at radius 1 is 1.58 bits per heavy atom. The van der Waals surface area contributed by atoms with Gasteiger partial charge in [-0.15, -0.1) is 0 Å². The summed E-state index contributed by atoms with van der Waals surface area (Å²) in [5, 5.41) is 0. The fraction of sp³-hybridized carbons (Fsp3) is 0.333. The largest absolute Gasteiger partial charge is 0.391 e. The van der Waals surface area contributed by atoms with Gasteiger partial charge in [0.05, 0.1) is 17.6 Å². The van der Waals surface area contributed by atoms with Crippen molar-refractivity contribution in [3.63, 3.8) is 0 Å². The van der Waals surface area contributed by atoms with Gasteiger partial charge in [-0.1, -0.05) is 12.2 Å². The first-order valence-electron chi connectivity index (χ1n) is 5.64. The molecule has 19 heavy (non-hydrogen) atoms. The number of carbonyl (C=O) groups is 1. The van der Waals surface area contributed by atoms with Crippen LogP contribution in [-0.2, 0) is 4.74 Å². The van der Waals surface area contributed by atoms with Gasteiger partial charge in [0.2, 0.25) is 0 Å². The molecule has 0 saturated carbocycles. The molecule has 1 aromatic carbocycles. The normalized spacial score (nSPS) is 19.3. The van der Waals surface area contributed by atoms with Crippen molar-refractivity contribution >= 4 is 39.0 Å². The van der Waals surface area contributed by atoms with Gasteiger partial charge in [-0.3, -0.25) is 4.79 Å². The quantitative estimate of drug-likeness (QED) is 0.828. The fourth-order valence-corrected chi connectivity index (χ4v) is 2.34. The highest BCUT2D eigenvalue weighted by Crippen LogP contribution is 2.19. The van der Waals surface area contributed by atoms with E-state index in [9.17, 15) is 9.18 Å². The van der Waals surface area contributed by atoms with Crippen molar-refractivity contribution in [3.05, 3.63) is 34.1 Å². The summed E-state index contributed by atoms with van der Waals surface area (Å²) in [6.07, 6.45) is -0.420. The van der Waals surface area contributed by atoms with Crippen molar-refractivity contribution in [2.45, 2.75) is 6.10 Å². The molecule has 0 aromatic heterocycles. The molecular formula is C12H12BrFN2O2S. The number of benzene rings is 1. The maximum atomic E-state index is 13.1. The molecule has 1 heterocycles. The van der Waals surface area contributed by atoms with Crippen molar-refractivity contribution in [2.24, 2.45) is 5.73 Å². The zero-order valence-electron chi connectivity index (χ0n) is 9.94. The standard InChI is InChI=1S/C12H12BrFN2O2S/c13-8-5-7(1-2-9(8)14)12(17)16-3-4-18-10(6-16)11(15)19/h1-2,5,10H,3-4,6H2,(H2,15,19). The Balaban J connectivity index is 2.14. The average Bonchev–Trinajstić information content (AvgIpc) is 2.41. The van der Waals surface area contributed by atoms with E-state index < -0.39 is 11.9 Å². The van der Waals surface area contributed by atoms with Crippen LogP contribution in [0.1, 0.15) is 10.4 Å². The second-order valence-corrected chi connectivity index (χ2v) is 5.47. The topological polar surface area (TPSA) is 55.6 Å². The average molecular weight is 347 g/mol. The first kappa shape index (κ1) is 14.4. The van der Waals surface area contributed by atoms with Gasteiger partial charge in [-0.25, -0.2) is 4.39 Å². The van der Waals surface area contributed by atoms with Gasteiger partial charge in [-0.2, -0.15) is 0 Å². The number of halogens is 2. The monoisotopic (exact) mass is 346 g/mol. The number of ether oxygens (including phenoxy) is 1. The van der Waals surface area contributed by atoms with Gasteiger partial charge in [-0.05, 0) is 34.1 Å². The van der Waals surface area contributed by atoms with E-state index in [0.29, 0.717) is 25.3 Å². The molecule has 102 valence electrons. The van der Waals surface area contributed by atoms with E-state index in [0.717, 1.165) is 0 Å². The molecule has 1 aliphatic rings. The lowest BCUT2D eigenvalue weighted by molar-refractivity contribution is 0.00878. The molecule has 1 aromatic rings. The van der Waals surface area contributed by atoms with Gasteiger partial charge >= 0.3 is 0 Å². The predicted octanol–water partition coefficient (Wildman–Crippen LogP) is 1.72. The SMILES string of the molecule is NC(=S)C1CN(C(=O)c2ccc(F)c(Br)c2)CCO1. The molecule has 1 amide bonds. The molecule has 2 N–H and O–H groups in total. The lowest BCUT2D eigenvalue weighted by Crippen LogP contribution is -2.49. The van der Waals surface area contributed by atoms with Crippen molar-refractivity contribution in [3.8, 4) is 0 Å². The number of nitrogens with zero attached hydrogens (tertiary/aromatic N) is 1. The highest BCUT2D eigenvalue weighted by Gasteiger charge is 2.26. The summed E-state index contributed by atoms with van der Waals surface area (Å²) >= 11 is 7.93. The predicted molar refractivity (Wildman–Crippen MR) is 76.5 cm³/mol. The molecule has 0 spiro atoms. The van der Waals surface area contributed by atoms with E-state index in [1.54, 1.807) is 4.90 Å². The molecular weight excluding hydrogens is 335 g/mol. The Bertz CT molecular complexity index is 526. The van der Waals surface area contributed by atoms with Gasteiger partial charge in [0.15, 0.2) is 0 Å². The zero-order chi connectivity index (χ0) is 14.0. The van der Waals surface area contributed by atoms with Crippen LogP contribution in [0.4, 0.5) is 4.39 Å². The Labute approximate surface area is 123 Å². The number of morpholine rings is 1. The second-order valence-electron chi connectivity index (χ2n) is 4.14. The number of amides is 1. The first-order valence-corrected chi connectivity index (χ1v) is 6.84. The Morgan fingerprint density at radius 2 is 2.32 bits per heavy atom. The van der Waals surface area contributed by atoms with Crippen LogP contribution in [0.3, 0.4) is 0 Å². The number of hydrogen-bond acceptors (Lipinski definition) is 3. The number of hydrogen-bond donors (Lipinski definition) is 1. The molecule has 1 unspecified atom stereocenters. The van der Waals surface area contributed by atoms with E-state index in [-0.39, 0.29) is 15.4 Å². The second kappa shape index (κ2) is 5.94. The van der Waals surface area contributed by atoms with Crippen molar-refractivity contribution in [2.75, 3.05) is 19.7 Å². The Morgan fingerprint density at radius 3 is 2.95 bits per heavy atom. The fourth-order valence-electron chi connectivity index (χ4n) is 1.82. The maximum absolute atomic E-state index is 13.1. The van der Waals surface area contributed by atoms with Crippen LogP contribution in [0, 0.1) is 5.82 Å². The maximum Gasteiger partial charge on any atom is 0.254 e. The lowest BCUT2D eigenvalue weighted by atomic mass is 10.1. The van der Waals surface area contributed by atoms with Crippen LogP contribution in [0.2, 0.25) is 0 Å². The summed E-state index contributed by atoms with van der Waals surface area (Å²) < 4.78 is 18.8. The molecule has 0 bridgehead atoms. The van der Waals surface area contributed by atoms with Gasteiger partial charge in [0.1, 0.15) is 16.9 Å². The van der Waals surface area contributed by atoms with E-state index in [1.165, 1.54) is 18.2 Å². The minimum atomic E-state index is -0.420. The van der Waals surface area contributed by atoms with Crippen LogP contribution in [0.5, 0.6) is 0 Å². The number of nitrogens with two attached hydrogens (primary N) is 1. The van der Waals surface area contributed by atoms with Gasteiger partial charge < -0.3 is 15.4 Å². The molecule has 7 heteroatoms. The summed E-state index contributed by atoms with van der Waals surface area (Å²) in [7, 11) is 0. The van der Waals surface area contributed by atoms with Crippen LogP contribution < -0.4 is 5.73 Å². The molecule has 1 aliphatic heterocycles.